The molecule has 2 N–H and O–H groups in total. The van der Waals surface area contributed by atoms with Crippen LogP contribution in [0.15, 0.2) is 0 Å². The Kier molecular flexibility index (Phi) is 6.28. The Balaban J connectivity index is 1.87. The standard InChI is InChI=1S/C15H27N3S/c1-2-7-13-14(12-16)19-15(17-13)8-11-18-9-5-3-4-6-10-18/h2-12,16H2,1H3. The van der Waals surface area contributed by atoms with Crippen molar-refractivity contribution in [3.63, 3.8) is 0 Å². The van der Waals surface area contributed by atoms with E-state index in [0.717, 1.165) is 19.3 Å². The molecule has 1 aliphatic rings. The molecule has 1 fully saturated rings. The minimum absolute atomic E-state index is 0.650. The van der Waals surface area contributed by atoms with Gasteiger partial charge in [0.1, 0.15) is 0 Å². The molecule has 0 amide bonds. The van der Waals surface area contributed by atoms with E-state index in [-0.39, 0.29) is 0 Å². The maximum atomic E-state index is 5.81. The van der Waals surface area contributed by atoms with Gasteiger partial charge in [-0.3, -0.25) is 0 Å². The Labute approximate surface area is 121 Å². The second-order valence-corrected chi connectivity index (χ2v) is 6.61. The van der Waals surface area contributed by atoms with Crippen LogP contribution < -0.4 is 5.73 Å². The van der Waals surface area contributed by atoms with Crippen LogP contribution in [-0.2, 0) is 19.4 Å². The van der Waals surface area contributed by atoms with Gasteiger partial charge in [0.05, 0.1) is 10.7 Å². The van der Waals surface area contributed by atoms with E-state index in [9.17, 15) is 0 Å². The molecule has 0 spiro atoms. The van der Waals surface area contributed by atoms with Crippen molar-refractivity contribution in [1.29, 1.82) is 0 Å². The lowest BCUT2D eigenvalue weighted by molar-refractivity contribution is 0.288. The van der Waals surface area contributed by atoms with Crippen LogP contribution in [0.3, 0.4) is 0 Å². The second kappa shape index (κ2) is 7.98. The Morgan fingerprint density at radius 3 is 2.53 bits per heavy atom. The third-order valence-electron chi connectivity index (χ3n) is 3.84. The fourth-order valence-electron chi connectivity index (χ4n) is 2.75. The van der Waals surface area contributed by atoms with E-state index >= 15 is 0 Å². The van der Waals surface area contributed by atoms with Crippen molar-refractivity contribution in [2.24, 2.45) is 5.73 Å². The molecular weight excluding hydrogens is 254 g/mol. The second-order valence-electron chi connectivity index (χ2n) is 5.44. The summed E-state index contributed by atoms with van der Waals surface area (Å²) in [7, 11) is 0. The third kappa shape index (κ3) is 4.55. The molecule has 0 atom stereocenters. The quantitative estimate of drug-likeness (QED) is 0.871. The molecule has 1 saturated heterocycles. The van der Waals surface area contributed by atoms with Crippen LogP contribution in [0, 0.1) is 0 Å². The van der Waals surface area contributed by atoms with Crippen molar-refractivity contribution in [3.05, 3.63) is 15.6 Å². The number of hydrogen-bond acceptors (Lipinski definition) is 4. The van der Waals surface area contributed by atoms with Crippen molar-refractivity contribution in [1.82, 2.24) is 9.88 Å². The SMILES string of the molecule is CCCc1nc(CCN2CCCCCC2)sc1CN. The topological polar surface area (TPSA) is 42.2 Å². The van der Waals surface area contributed by atoms with Gasteiger partial charge in [0.2, 0.25) is 0 Å². The number of aryl methyl sites for hydroxylation is 1. The Morgan fingerprint density at radius 2 is 1.89 bits per heavy atom. The zero-order valence-electron chi connectivity index (χ0n) is 12.2. The minimum atomic E-state index is 0.650. The molecule has 108 valence electrons. The smallest absolute Gasteiger partial charge is 0.0944 e. The summed E-state index contributed by atoms with van der Waals surface area (Å²) in [5, 5.41) is 1.29. The first-order chi connectivity index (χ1) is 9.33. The molecule has 1 aliphatic heterocycles. The fraction of sp³-hybridized carbons (Fsp3) is 0.800. The number of aromatic nitrogens is 1. The van der Waals surface area contributed by atoms with Gasteiger partial charge < -0.3 is 10.6 Å². The zero-order valence-corrected chi connectivity index (χ0v) is 13.0. The van der Waals surface area contributed by atoms with Gasteiger partial charge in [0.25, 0.3) is 0 Å². The molecule has 19 heavy (non-hydrogen) atoms. The summed E-state index contributed by atoms with van der Waals surface area (Å²) in [6, 6.07) is 0. The molecular formula is C15H27N3S. The van der Waals surface area contributed by atoms with Gasteiger partial charge in [-0.1, -0.05) is 26.2 Å². The molecule has 2 rings (SSSR count). The van der Waals surface area contributed by atoms with Crippen LogP contribution in [0.5, 0.6) is 0 Å². The van der Waals surface area contributed by atoms with E-state index < -0.39 is 0 Å². The maximum absolute atomic E-state index is 5.81. The molecule has 0 saturated carbocycles. The third-order valence-corrected chi connectivity index (χ3v) is 5.02. The van der Waals surface area contributed by atoms with Gasteiger partial charge in [-0.2, -0.15) is 0 Å². The summed E-state index contributed by atoms with van der Waals surface area (Å²) >= 11 is 1.83. The molecule has 0 aliphatic carbocycles. The Morgan fingerprint density at radius 1 is 1.16 bits per heavy atom. The lowest BCUT2D eigenvalue weighted by Crippen LogP contribution is -2.26. The fourth-order valence-corrected chi connectivity index (χ4v) is 3.73. The number of rotatable bonds is 6. The first kappa shape index (κ1) is 14.9. The number of hydrogen-bond donors (Lipinski definition) is 1. The number of nitrogens with two attached hydrogens (primary N) is 1. The van der Waals surface area contributed by atoms with Crippen LogP contribution in [0.1, 0.15) is 54.6 Å². The molecule has 0 radical (unpaired) electrons. The first-order valence-electron chi connectivity index (χ1n) is 7.73. The molecule has 1 aromatic rings. The first-order valence-corrected chi connectivity index (χ1v) is 8.55. The van der Waals surface area contributed by atoms with Crippen molar-refractivity contribution < 1.29 is 0 Å². The van der Waals surface area contributed by atoms with E-state index in [1.807, 2.05) is 11.3 Å². The average molecular weight is 281 g/mol. The summed E-state index contributed by atoms with van der Waals surface area (Å²) in [6.45, 7) is 6.57. The lowest BCUT2D eigenvalue weighted by Gasteiger charge is -2.18. The van der Waals surface area contributed by atoms with Crippen LogP contribution in [-0.4, -0.2) is 29.5 Å². The summed E-state index contributed by atoms with van der Waals surface area (Å²) in [5.41, 5.74) is 7.06. The summed E-state index contributed by atoms with van der Waals surface area (Å²) in [6.07, 6.45) is 8.88. The molecule has 0 aromatic carbocycles. The van der Waals surface area contributed by atoms with Gasteiger partial charge in [0.15, 0.2) is 0 Å². The molecule has 1 aromatic heterocycles. The number of thiazole rings is 1. The monoisotopic (exact) mass is 281 g/mol. The highest BCUT2D eigenvalue weighted by Crippen LogP contribution is 2.20. The Bertz CT molecular complexity index is 367. The molecule has 2 heterocycles. The minimum Gasteiger partial charge on any atom is -0.326 e. The van der Waals surface area contributed by atoms with Gasteiger partial charge in [0, 0.05) is 24.4 Å². The van der Waals surface area contributed by atoms with Crippen LogP contribution in [0.2, 0.25) is 0 Å². The predicted molar refractivity (Wildman–Crippen MR) is 82.6 cm³/mol. The number of likely N-dealkylation sites (tertiary alicyclic amines) is 1. The van der Waals surface area contributed by atoms with Crippen LogP contribution >= 0.6 is 11.3 Å². The van der Waals surface area contributed by atoms with Crippen LogP contribution in [0.4, 0.5) is 0 Å². The summed E-state index contributed by atoms with van der Waals surface area (Å²) < 4.78 is 0. The van der Waals surface area contributed by atoms with Gasteiger partial charge in [-0.15, -0.1) is 11.3 Å². The summed E-state index contributed by atoms with van der Waals surface area (Å²) in [4.78, 5) is 8.70. The lowest BCUT2D eigenvalue weighted by atomic mass is 10.2. The molecule has 0 bridgehead atoms. The highest BCUT2D eigenvalue weighted by Gasteiger charge is 2.12. The molecule has 4 heteroatoms. The van der Waals surface area contributed by atoms with Crippen molar-refractivity contribution in [2.75, 3.05) is 19.6 Å². The van der Waals surface area contributed by atoms with Crippen molar-refractivity contribution in [3.8, 4) is 0 Å². The average Bonchev–Trinajstić information content (AvgIpc) is 2.63. The Hall–Kier alpha value is -0.450. The van der Waals surface area contributed by atoms with E-state index in [4.69, 9.17) is 10.7 Å². The largest absolute Gasteiger partial charge is 0.326 e. The normalized spacial score (nSPS) is 17.6. The summed E-state index contributed by atoms with van der Waals surface area (Å²) in [5.74, 6) is 0. The van der Waals surface area contributed by atoms with Gasteiger partial charge >= 0.3 is 0 Å². The molecule has 3 nitrogen and oxygen atoms in total. The van der Waals surface area contributed by atoms with E-state index in [1.165, 1.54) is 60.9 Å². The zero-order chi connectivity index (χ0) is 13.5. The number of nitrogens with zero attached hydrogens (tertiary/aromatic N) is 2. The molecule has 0 unspecified atom stereocenters. The van der Waals surface area contributed by atoms with Gasteiger partial charge in [-0.05, 0) is 32.4 Å². The predicted octanol–water partition coefficient (Wildman–Crippen LogP) is 2.97. The highest BCUT2D eigenvalue weighted by molar-refractivity contribution is 7.11. The van der Waals surface area contributed by atoms with Crippen molar-refractivity contribution >= 4 is 11.3 Å². The maximum Gasteiger partial charge on any atom is 0.0944 e. The van der Waals surface area contributed by atoms with Crippen molar-refractivity contribution in [2.45, 2.75) is 58.4 Å². The van der Waals surface area contributed by atoms with E-state index in [0.29, 0.717) is 6.54 Å². The van der Waals surface area contributed by atoms with Gasteiger partial charge in [-0.25, -0.2) is 4.98 Å². The highest BCUT2D eigenvalue weighted by atomic mass is 32.1. The van der Waals surface area contributed by atoms with Crippen LogP contribution in [0.25, 0.3) is 0 Å². The van der Waals surface area contributed by atoms with E-state index in [1.54, 1.807) is 0 Å². The van der Waals surface area contributed by atoms with E-state index in [2.05, 4.69) is 11.8 Å².